The highest BCUT2D eigenvalue weighted by Crippen LogP contribution is 2.19. The average Bonchev–Trinajstić information content (AvgIpc) is 2.46. The van der Waals surface area contributed by atoms with Crippen LogP contribution in [0.5, 0.6) is 5.88 Å². The van der Waals surface area contributed by atoms with Crippen molar-refractivity contribution in [3.05, 3.63) is 18.3 Å². The van der Waals surface area contributed by atoms with Gasteiger partial charge in [0.05, 0.1) is 7.11 Å². The zero-order valence-electron chi connectivity index (χ0n) is 12.1. The molecule has 1 fully saturated rings. The van der Waals surface area contributed by atoms with Crippen LogP contribution in [0.15, 0.2) is 18.3 Å². The van der Waals surface area contributed by atoms with Gasteiger partial charge in [0.2, 0.25) is 5.88 Å². The summed E-state index contributed by atoms with van der Waals surface area (Å²) in [5, 5.41) is 5.67. The first-order valence-corrected chi connectivity index (χ1v) is 6.91. The Kier molecular flexibility index (Phi) is 5.17. The molecule has 0 radical (unpaired) electrons. The summed E-state index contributed by atoms with van der Waals surface area (Å²) in [5.41, 5.74) is 0.577. The highest BCUT2D eigenvalue weighted by Gasteiger charge is 2.17. The van der Waals surface area contributed by atoms with E-state index in [0.29, 0.717) is 24.0 Å². The van der Waals surface area contributed by atoms with E-state index in [1.54, 1.807) is 18.3 Å². The van der Waals surface area contributed by atoms with Crippen molar-refractivity contribution in [2.45, 2.75) is 12.8 Å². The molecule has 1 aliphatic heterocycles. The SMILES string of the molecule is COc1ncccc1NC(=O)NCC1CCCN(C)C1. The summed E-state index contributed by atoms with van der Waals surface area (Å²) < 4.78 is 5.09. The maximum atomic E-state index is 11.9. The topological polar surface area (TPSA) is 66.5 Å². The van der Waals surface area contributed by atoms with Crippen molar-refractivity contribution in [2.24, 2.45) is 5.92 Å². The first kappa shape index (κ1) is 14.6. The van der Waals surface area contributed by atoms with Crippen LogP contribution in [0.1, 0.15) is 12.8 Å². The number of ether oxygens (including phenoxy) is 1. The first-order chi connectivity index (χ1) is 9.69. The van der Waals surface area contributed by atoms with E-state index in [4.69, 9.17) is 4.74 Å². The summed E-state index contributed by atoms with van der Waals surface area (Å²) in [6.45, 7) is 2.88. The molecule has 6 nitrogen and oxygen atoms in total. The Morgan fingerprint density at radius 1 is 1.60 bits per heavy atom. The lowest BCUT2D eigenvalue weighted by Gasteiger charge is -2.29. The second kappa shape index (κ2) is 7.09. The number of piperidine rings is 1. The quantitative estimate of drug-likeness (QED) is 0.877. The average molecular weight is 278 g/mol. The molecular formula is C14H22N4O2. The number of pyridine rings is 1. The second-order valence-corrected chi connectivity index (χ2v) is 5.17. The molecule has 1 aromatic heterocycles. The normalized spacial score (nSPS) is 19.4. The molecule has 1 unspecified atom stereocenters. The highest BCUT2D eigenvalue weighted by atomic mass is 16.5. The number of carbonyl (C=O) groups excluding carboxylic acids is 1. The number of likely N-dealkylation sites (tertiary alicyclic amines) is 1. The molecular weight excluding hydrogens is 256 g/mol. The molecule has 0 aliphatic carbocycles. The van der Waals surface area contributed by atoms with Gasteiger partial charge in [0.1, 0.15) is 5.69 Å². The van der Waals surface area contributed by atoms with Gasteiger partial charge in [-0.05, 0) is 44.5 Å². The fourth-order valence-corrected chi connectivity index (χ4v) is 2.49. The number of hydrogen-bond acceptors (Lipinski definition) is 4. The standard InChI is InChI=1S/C14H22N4O2/c1-18-8-4-5-11(10-18)9-16-14(19)17-12-6-3-7-15-13(12)20-2/h3,6-7,11H,4-5,8-10H2,1-2H3,(H2,16,17,19). The van der Waals surface area contributed by atoms with Gasteiger partial charge in [-0.2, -0.15) is 0 Å². The van der Waals surface area contributed by atoms with Crippen molar-refractivity contribution in [2.75, 3.05) is 39.1 Å². The van der Waals surface area contributed by atoms with E-state index in [1.807, 2.05) is 0 Å². The Morgan fingerprint density at radius 3 is 3.20 bits per heavy atom. The van der Waals surface area contributed by atoms with Crippen molar-refractivity contribution in [1.29, 1.82) is 0 Å². The summed E-state index contributed by atoms with van der Waals surface area (Å²) in [5.74, 6) is 0.940. The second-order valence-electron chi connectivity index (χ2n) is 5.17. The Hall–Kier alpha value is -1.82. The van der Waals surface area contributed by atoms with Crippen LogP contribution in [-0.2, 0) is 0 Å². The van der Waals surface area contributed by atoms with Crippen molar-refractivity contribution in [3.63, 3.8) is 0 Å². The van der Waals surface area contributed by atoms with Crippen LogP contribution < -0.4 is 15.4 Å². The smallest absolute Gasteiger partial charge is 0.319 e. The maximum Gasteiger partial charge on any atom is 0.319 e. The molecule has 110 valence electrons. The molecule has 1 aliphatic rings. The first-order valence-electron chi connectivity index (χ1n) is 6.91. The van der Waals surface area contributed by atoms with Crippen LogP contribution in [0.25, 0.3) is 0 Å². The summed E-state index contributed by atoms with van der Waals surface area (Å²) in [4.78, 5) is 18.2. The van der Waals surface area contributed by atoms with E-state index in [1.165, 1.54) is 20.0 Å². The minimum Gasteiger partial charge on any atom is -0.480 e. The van der Waals surface area contributed by atoms with E-state index in [9.17, 15) is 4.79 Å². The molecule has 1 atom stereocenters. The molecule has 1 saturated heterocycles. The van der Waals surface area contributed by atoms with Crippen LogP contribution in [0.4, 0.5) is 10.5 Å². The monoisotopic (exact) mass is 278 g/mol. The lowest BCUT2D eigenvalue weighted by atomic mass is 9.99. The Bertz CT molecular complexity index is 453. The Labute approximate surface area is 119 Å². The van der Waals surface area contributed by atoms with Gasteiger partial charge in [0.15, 0.2) is 0 Å². The number of aromatic nitrogens is 1. The summed E-state index contributed by atoms with van der Waals surface area (Å²) in [6.07, 6.45) is 3.99. The molecule has 0 saturated carbocycles. The highest BCUT2D eigenvalue weighted by molar-refractivity contribution is 5.90. The number of nitrogens with one attached hydrogen (secondary N) is 2. The van der Waals surface area contributed by atoms with Crippen LogP contribution in [0.2, 0.25) is 0 Å². The van der Waals surface area contributed by atoms with Crippen LogP contribution in [-0.4, -0.2) is 49.7 Å². The number of anilines is 1. The van der Waals surface area contributed by atoms with Gasteiger partial charge in [0.25, 0.3) is 0 Å². The van der Waals surface area contributed by atoms with E-state index in [-0.39, 0.29) is 6.03 Å². The van der Waals surface area contributed by atoms with Crippen molar-refractivity contribution in [1.82, 2.24) is 15.2 Å². The zero-order chi connectivity index (χ0) is 14.4. The molecule has 2 rings (SSSR count). The van der Waals surface area contributed by atoms with Gasteiger partial charge in [-0.25, -0.2) is 9.78 Å². The molecule has 0 bridgehead atoms. The number of urea groups is 1. The predicted octanol–water partition coefficient (Wildman–Crippen LogP) is 1.55. The largest absolute Gasteiger partial charge is 0.480 e. The van der Waals surface area contributed by atoms with Gasteiger partial charge in [-0.3, -0.25) is 0 Å². The lowest BCUT2D eigenvalue weighted by molar-refractivity contribution is 0.204. The molecule has 2 N–H and O–H groups in total. The van der Waals surface area contributed by atoms with E-state index >= 15 is 0 Å². The van der Waals surface area contributed by atoms with Crippen LogP contribution >= 0.6 is 0 Å². The van der Waals surface area contributed by atoms with Gasteiger partial charge >= 0.3 is 6.03 Å². The fourth-order valence-electron chi connectivity index (χ4n) is 2.49. The van der Waals surface area contributed by atoms with E-state index < -0.39 is 0 Å². The third-order valence-electron chi connectivity index (χ3n) is 3.49. The van der Waals surface area contributed by atoms with Gasteiger partial charge in [-0.1, -0.05) is 0 Å². The molecule has 20 heavy (non-hydrogen) atoms. The van der Waals surface area contributed by atoms with Crippen molar-refractivity contribution < 1.29 is 9.53 Å². The number of carbonyl (C=O) groups is 1. The number of nitrogens with zero attached hydrogens (tertiary/aromatic N) is 2. The number of methoxy groups -OCH3 is 1. The van der Waals surface area contributed by atoms with Crippen molar-refractivity contribution >= 4 is 11.7 Å². The fraction of sp³-hybridized carbons (Fsp3) is 0.571. The molecule has 0 spiro atoms. The van der Waals surface area contributed by atoms with Crippen LogP contribution in [0, 0.1) is 5.92 Å². The Morgan fingerprint density at radius 2 is 2.45 bits per heavy atom. The summed E-state index contributed by atoms with van der Waals surface area (Å²) >= 11 is 0. The van der Waals surface area contributed by atoms with Gasteiger partial charge in [-0.15, -0.1) is 0 Å². The zero-order valence-corrected chi connectivity index (χ0v) is 12.1. The van der Waals surface area contributed by atoms with E-state index in [2.05, 4.69) is 27.6 Å². The third kappa shape index (κ3) is 4.09. The minimum atomic E-state index is -0.218. The third-order valence-corrected chi connectivity index (χ3v) is 3.49. The lowest BCUT2D eigenvalue weighted by Crippen LogP contribution is -2.40. The molecule has 2 amide bonds. The van der Waals surface area contributed by atoms with Gasteiger partial charge in [0, 0.05) is 19.3 Å². The number of hydrogen-bond donors (Lipinski definition) is 2. The number of rotatable bonds is 4. The van der Waals surface area contributed by atoms with Crippen molar-refractivity contribution in [3.8, 4) is 5.88 Å². The number of amides is 2. The molecule has 1 aromatic rings. The maximum absolute atomic E-state index is 11.9. The molecule has 0 aromatic carbocycles. The minimum absolute atomic E-state index is 0.218. The molecule has 2 heterocycles. The summed E-state index contributed by atoms with van der Waals surface area (Å²) in [7, 11) is 3.65. The molecule has 6 heteroatoms. The van der Waals surface area contributed by atoms with Crippen LogP contribution in [0.3, 0.4) is 0 Å². The predicted molar refractivity (Wildman–Crippen MR) is 78.0 cm³/mol. The summed E-state index contributed by atoms with van der Waals surface area (Å²) in [6, 6.07) is 3.30. The Balaban J connectivity index is 1.80. The van der Waals surface area contributed by atoms with E-state index in [0.717, 1.165) is 13.1 Å². The van der Waals surface area contributed by atoms with Gasteiger partial charge < -0.3 is 20.3 Å².